The van der Waals surface area contributed by atoms with Gasteiger partial charge in [0.25, 0.3) is 0 Å². The second kappa shape index (κ2) is 7.34. The number of rotatable bonds is 7. The molecule has 2 rings (SSSR count). The van der Waals surface area contributed by atoms with E-state index in [9.17, 15) is 0 Å². The Morgan fingerprint density at radius 1 is 1.30 bits per heavy atom. The van der Waals surface area contributed by atoms with Gasteiger partial charge < -0.3 is 14.8 Å². The van der Waals surface area contributed by atoms with Crippen LogP contribution < -0.4 is 14.8 Å². The molecule has 0 spiro atoms. The summed E-state index contributed by atoms with van der Waals surface area (Å²) in [6.07, 6.45) is 3.06. The first-order valence-corrected chi connectivity index (χ1v) is 7.54. The average molecular weight is 275 g/mol. The van der Waals surface area contributed by atoms with Gasteiger partial charge in [-0.3, -0.25) is 0 Å². The van der Waals surface area contributed by atoms with Crippen LogP contribution in [0, 0.1) is 0 Å². The van der Waals surface area contributed by atoms with Crippen molar-refractivity contribution in [2.24, 2.45) is 0 Å². The molecule has 1 heterocycles. The predicted octanol–water partition coefficient (Wildman–Crippen LogP) is 3.85. The highest BCUT2D eigenvalue weighted by molar-refractivity contribution is 5.49. The lowest BCUT2D eigenvalue weighted by molar-refractivity contribution is 0.168. The van der Waals surface area contributed by atoms with E-state index in [1.807, 2.05) is 12.1 Å². The third-order valence-electron chi connectivity index (χ3n) is 3.61. The molecular formula is C17H25NO2. The number of hydrogen-bond acceptors (Lipinski definition) is 3. The lowest BCUT2D eigenvalue weighted by Crippen LogP contribution is -2.25. The van der Waals surface area contributed by atoms with Gasteiger partial charge >= 0.3 is 0 Å². The highest BCUT2D eigenvalue weighted by atomic mass is 16.6. The lowest BCUT2D eigenvalue weighted by Gasteiger charge is -2.26. The van der Waals surface area contributed by atoms with Crippen molar-refractivity contribution in [2.75, 3.05) is 19.8 Å². The molecule has 0 saturated carbocycles. The third kappa shape index (κ3) is 3.54. The van der Waals surface area contributed by atoms with E-state index in [-0.39, 0.29) is 6.04 Å². The fraction of sp³-hybridized carbons (Fsp3) is 0.529. The Morgan fingerprint density at radius 3 is 2.85 bits per heavy atom. The molecule has 0 radical (unpaired) electrons. The SMILES string of the molecule is C=C(CC)CC(NCCC)c1cccc2c1OCCO2. The summed E-state index contributed by atoms with van der Waals surface area (Å²) in [5.74, 6) is 1.76. The molecule has 3 heteroatoms. The van der Waals surface area contributed by atoms with E-state index < -0.39 is 0 Å². The van der Waals surface area contributed by atoms with Crippen LogP contribution in [0.5, 0.6) is 11.5 Å². The summed E-state index contributed by atoms with van der Waals surface area (Å²) < 4.78 is 11.5. The molecule has 0 fully saturated rings. The third-order valence-corrected chi connectivity index (χ3v) is 3.61. The molecule has 1 atom stereocenters. The Balaban J connectivity index is 2.25. The maximum absolute atomic E-state index is 5.84. The molecule has 1 aromatic carbocycles. The van der Waals surface area contributed by atoms with E-state index >= 15 is 0 Å². The maximum Gasteiger partial charge on any atom is 0.166 e. The molecule has 1 N–H and O–H groups in total. The van der Waals surface area contributed by atoms with Crippen LogP contribution in [0.3, 0.4) is 0 Å². The minimum Gasteiger partial charge on any atom is -0.486 e. The molecule has 1 unspecified atom stereocenters. The first kappa shape index (κ1) is 14.9. The van der Waals surface area contributed by atoms with Crippen molar-refractivity contribution in [1.82, 2.24) is 5.32 Å². The molecule has 0 aromatic heterocycles. The van der Waals surface area contributed by atoms with Crippen LogP contribution in [0.15, 0.2) is 30.4 Å². The molecule has 1 aliphatic rings. The Labute approximate surface area is 122 Å². The highest BCUT2D eigenvalue weighted by Gasteiger charge is 2.21. The van der Waals surface area contributed by atoms with E-state index in [1.54, 1.807) is 0 Å². The van der Waals surface area contributed by atoms with E-state index in [2.05, 4.69) is 31.8 Å². The summed E-state index contributed by atoms with van der Waals surface area (Å²) in [5, 5.41) is 3.60. The predicted molar refractivity (Wildman–Crippen MR) is 82.5 cm³/mol. The van der Waals surface area contributed by atoms with Gasteiger partial charge in [-0.05, 0) is 31.9 Å². The number of nitrogens with one attached hydrogen (secondary N) is 1. The quantitative estimate of drug-likeness (QED) is 0.767. The summed E-state index contributed by atoms with van der Waals surface area (Å²) in [5.41, 5.74) is 2.44. The van der Waals surface area contributed by atoms with Gasteiger partial charge in [0.15, 0.2) is 11.5 Å². The average Bonchev–Trinajstić information content (AvgIpc) is 2.50. The minimum atomic E-state index is 0.249. The van der Waals surface area contributed by atoms with Crippen LogP contribution in [0.25, 0.3) is 0 Å². The van der Waals surface area contributed by atoms with Crippen molar-refractivity contribution >= 4 is 0 Å². The Morgan fingerprint density at radius 2 is 2.10 bits per heavy atom. The molecule has 0 aliphatic carbocycles. The van der Waals surface area contributed by atoms with Crippen molar-refractivity contribution in [1.29, 1.82) is 0 Å². The fourth-order valence-corrected chi connectivity index (χ4v) is 2.41. The summed E-state index contributed by atoms with van der Waals surface area (Å²) in [7, 11) is 0. The standard InChI is InChI=1S/C17H25NO2/c1-4-9-18-15(12-13(3)5-2)14-7-6-8-16-17(14)20-11-10-19-16/h6-8,15,18H,3-5,9-12H2,1-2H3. The van der Waals surface area contributed by atoms with E-state index in [0.717, 1.165) is 37.3 Å². The topological polar surface area (TPSA) is 30.5 Å². The zero-order valence-corrected chi connectivity index (χ0v) is 12.6. The summed E-state index contributed by atoms with van der Waals surface area (Å²) in [6, 6.07) is 6.39. The molecule has 0 amide bonds. The van der Waals surface area contributed by atoms with Crippen LogP contribution in [-0.2, 0) is 0 Å². The van der Waals surface area contributed by atoms with Crippen LogP contribution in [0.1, 0.15) is 44.7 Å². The molecule has 0 saturated heterocycles. The molecule has 1 aliphatic heterocycles. The van der Waals surface area contributed by atoms with Gasteiger partial charge in [-0.2, -0.15) is 0 Å². The monoisotopic (exact) mass is 275 g/mol. The first-order chi connectivity index (χ1) is 9.76. The normalized spacial score (nSPS) is 14.9. The number of ether oxygens (including phenoxy) is 2. The zero-order chi connectivity index (χ0) is 14.4. The Hall–Kier alpha value is -1.48. The summed E-state index contributed by atoms with van der Waals surface area (Å²) in [4.78, 5) is 0. The van der Waals surface area contributed by atoms with Gasteiger partial charge in [0.05, 0.1) is 0 Å². The van der Waals surface area contributed by atoms with Crippen molar-refractivity contribution in [3.63, 3.8) is 0 Å². The molecular weight excluding hydrogens is 250 g/mol. The van der Waals surface area contributed by atoms with Gasteiger partial charge in [0, 0.05) is 11.6 Å². The molecule has 3 nitrogen and oxygen atoms in total. The zero-order valence-electron chi connectivity index (χ0n) is 12.6. The smallest absolute Gasteiger partial charge is 0.166 e. The van der Waals surface area contributed by atoms with Crippen LogP contribution >= 0.6 is 0 Å². The number of fused-ring (bicyclic) bond motifs is 1. The Bertz CT molecular complexity index is 456. The van der Waals surface area contributed by atoms with Crippen molar-refractivity contribution < 1.29 is 9.47 Å². The van der Waals surface area contributed by atoms with E-state index in [0.29, 0.717) is 13.2 Å². The largest absolute Gasteiger partial charge is 0.486 e. The highest BCUT2D eigenvalue weighted by Crippen LogP contribution is 2.38. The molecule has 1 aromatic rings. The number of para-hydroxylation sites is 1. The number of hydrogen-bond donors (Lipinski definition) is 1. The molecule has 110 valence electrons. The van der Waals surface area contributed by atoms with Crippen molar-refractivity contribution in [2.45, 2.75) is 39.2 Å². The summed E-state index contributed by atoms with van der Waals surface area (Å²) in [6.45, 7) is 10.7. The Kier molecular flexibility index (Phi) is 5.48. The van der Waals surface area contributed by atoms with Crippen LogP contribution in [0.4, 0.5) is 0 Å². The van der Waals surface area contributed by atoms with Gasteiger partial charge in [0.2, 0.25) is 0 Å². The van der Waals surface area contributed by atoms with Gasteiger partial charge in [0.1, 0.15) is 13.2 Å². The molecule has 0 bridgehead atoms. The van der Waals surface area contributed by atoms with Gasteiger partial charge in [-0.15, -0.1) is 0 Å². The molecule has 20 heavy (non-hydrogen) atoms. The lowest BCUT2D eigenvalue weighted by atomic mass is 9.97. The minimum absolute atomic E-state index is 0.249. The number of benzene rings is 1. The van der Waals surface area contributed by atoms with E-state index in [1.165, 1.54) is 11.1 Å². The van der Waals surface area contributed by atoms with Crippen molar-refractivity contribution in [3.05, 3.63) is 35.9 Å². The van der Waals surface area contributed by atoms with Crippen molar-refractivity contribution in [3.8, 4) is 11.5 Å². The second-order valence-electron chi connectivity index (χ2n) is 5.19. The second-order valence-corrected chi connectivity index (χ2v) is 5.19. The van der Waals surface area contributed by atoms with Gasteiger partial charge in [-0.25, -0.2) is 0 Å². The maximum atomic E-state index is 5.84. The van der Waals surface area contributed by atoms with Gasteiger partial charge in [-0.1, -0.05) is 38.1 Å². The van der Waals surface area contributed by atoms with Crippen LogP contribution in [0.2, 0.25) is 0 Å². The van der Waals surface area contributed by atoms with Crippen LogP contribution in [-0.4, -0.2) is 19.8 Å². The fourth-order valence-electron chi connectivity index (χ4n) is 2.41. The summed E-state index contributed by atoms with van der Waals surface area (Å²) >= 11 is 0. The van der Waals surface area contributed by atoms with E-state index in [4.69, 9.17) is 9.47 Å². The first-order valence-electron chi connectivity index (χ1n) is 7.54.